The molecule has 0 aromatic heterocycles. The lowest BCUT2D eigenvalue weighted by Crippen LogP contribution is -2.46. The summed E-state index contributed by atoms with van der Waals surface area (Å²) < 4.78 is 27.1. The SMILES string of the molecule is C=CCN(C(=O)c1cc(F)cc(N)c1F)C(C)(C)C. The number of amides is 1. The Morgan fingerprint density at radius 1 is 1.42 bits per heavy atom. The van der Waals surface area contributed by atoms with Crippen molar-refractivity contribution in [2.24, 2.45) is 0 Å². The number of hydrogen-bond acceptors (Lipinski definition) is 2. The molecule has 0 saturated heterocycles. The molecule has 0 heterocycles. The molecular weight excluding hydrogens is 250 g/mol. The van der Waals surface area contributed by atoms with Gasteiger partial charge in [-0.3, -0.25) is 4.79 Å². The molecule has 0 aliphatic carbocycles. The van der Waals surface area contributed by atoms with Gasteiger partial charge in [-0.1, -0.05) is 6.08 Å². The number of nitrogen functional groups attached to an aromatic ring is 1. The zero-order valence-electron chi connectivity index (χ0n) is 11.3. The van der Waals surface area contributed by atoms with Crippen molar-refractivity contribution in [2.75, 3.05) is 12.3 Å². The van der Waals surface area contributed by atoms with E-state index in [2.05, 4.69) is 6.58 Å². The maximum Gasteiger partial charge on any atom is 0.257 e. The molecule has 19 heavy (non-hydrogen) atoms. The average Bonchev–Trinajstić information content (AvgIpc) is 2.28. The Morgan fingerprint density at radius 2 is 2.00 bits per heavy atom. The molecule has 2 N–H and O–H groups in total. The molecule has 0 spiro atoms. The minimum Gasteiger partial charge on any atom is -0.396 e. The minimum absolute atomic E-state index is 0.234. The summed E-state index contributed by atoms with van der Waals surface area (Å²) >= 11 is 0. The average molecular weight is 268 g/mol. The van der Waals surface area contributed by atoms with Gasteiger partial charge < -0.3 is 10.6 Å². The van der Waals surface area contributed by atoms with Gasteiger partial charge in [-0.2, -0.15) is 0 Å². The van der Waals surface area contributed by atoms with Crippen LogP contribution in [0.3, 0.4) is 0 Å². The van der Waals surface area contributed by atoms with Gasteiger partial charge in [0.25, 0.3) is 5.91 Å². The van der Waals surface area contributed by atoms with Gasteiger partial charge in [-0.05, 0) is 32.9 Å². The largest absolute Gasteiger partial charge is 0.396 e. The Balaban J connectivity index is 3.28. The molecule has 3 nitrogen and oxygen atoms in total. The predicted molar refractivity (Wildman–Crippen MR) is 71.8 cm³/mol. The van der Waals surface area contributed by atoms with E-state index in [-0.39, 0.29) is 17.8 Å². The Kier molecular flexibility index (Phi) is 4.29. The molecular formula is C14H18F2N2O. The number of carbonyl (C=O) groups is 1. The highest BCUT2D eigenvalue weighted by Crippen LogP contribution is 2.23. The van der Waals surface area contributed by atoms with Crippen LogP contribution in [-0.2, 0) is 0 Å². The van der Waals surface area contributed by atoms with Gasteiger partial charge in [-0.15, -0.1) is 6.58 Å². The van der Waals surface area contributed by atoms with Crippen LogP contribution in [0.2, 0.25) is 0 Å². The third-order valence-corrected chi connectivity index (χ3v) is 2.66. The van der Waals surface area contributed by atoms with Crippen LogP contribution in [-0.4, -0.2) is 22.9 Å². The molecule has 0 unspecified atom stereocenters. The van der Waals surface area contributed by atoms with Crippen molar-refractivity contribution in [1.29, 1.82) is 0 Å². The number of nitrogens with two attached hydrogens (primary N) is 1. The number of hydrogen-bond donors (Lipinski definition) is 1. The molecule has 104 valence electrons. The highest BCUT2D eigenvalue weighted by atomic mass is 19.1. The van der Waals surface area contributed by atoms with Gasteiger partial charge in [0.15, 0.2) is 5.82 Å². The van der Waals surface area contributed by atoms with Gasteiger partial charge in [0.05, 0.1) is 11.3 Å². The number of carbonyl (C=O) groups excluding carboxylic acids is 1. The van der Waals surface area contributed by atoms with Crippen LogP contribution in [0, 0.1) is 11.6 Å². The van der Waals surface area contributed by atoms with E-state index in [1.807, 2.05) is 0 Å². The van der Waals surface area contributed by atoms with Gasteiger partial charge in [0, 0.05) is 12.1 Å². The minimum atomic E-state index is -0.898. The fourth-order valence-electron chi connectivity index (χ4n) is 1.70. The maximum atomic E-state index is 13.9. The Hall–Kier alpha value is -1.91. The molecule has 1 rings (SSSR count). The number of nitrogens with zero attached hydrogens (tertiary/aromatic N) is 1. The van der Waals surface area contributed by atoms with Crippen molar-refractivity contribution in [3.63, 3.8) is 0 Å². The van der Waals surface area contributed by atoms with Crippen LogP contribution >= 0.6 is 0 Å². The molecule has 0 saturated carbocycles. The van der Waals surface area contributed by atoms with E-state index in [1.54, 1.807) is 20.8 Å². The van der Waals surface area contributed by atoms with Gasteiger partial charge in [0.2, 0.25) is 0 Å². The summed E-state index contributed by atoms with van der Waals surface area (Å²) in [6, 6.07) is 1.71. The summed E-state index contributed by atoms with van der Waals surface area (Å²) in [4.78, 5) is 13.7. The lowest BCUT2D eigenvalue weighted by atomic mass is 10.0. The highest BCUT2D eigenvalue weighted by Gasteiger charge is 2.29. The molecule has 0 atom stereocenters. The Bertz CT molecular complexity index is 507. The second-order valence-corrected chi connectivity index (χ2v) is 5.23. The van der Waals surface area contributed by atoms with E-state index in [4.69, 9.17) is 5.73 Å². The monoisotopic (exact) mass is 268 g/mol. The molecule has 0 radical (unpaired) electrons. The number of halogens is 2. The molecule has 0 bridgehead atoms. The van der Waals surface area contributed by atoms with Crippen molar-refractivity contribution >= 4 is 11.6 Å². The summed E-state index contributed by atoms with van der Waals surface area (Å²) in [5.74, 6) is -2.25. The second kappa shape index (κ2) is 5.38. The van der Waals surface area contributed by atoms with E-state index >= 15 is 0 Å². The fraction of sp³-hybridized carbons (Fsp3) is 0.357. The molecule has 0 fully saturated rings. The Labute approximate surface area is 111 Å². The molecule has 0 aliphatic heterocycles. The van der Waals surface area contributed by atoms with Crippen molar-refractivity contribution < 1.29 is 13.6 Å². The van der Waals surface area contributed by atoms with E-state index in [9.17, 15) is 13.6 Å². The Morgan fingerprint density at radius 3 is 2.47 bits per heavy atom. The predicted octanol–water partition coefficient (Wildman–Crippen LogP) is 2.97. The van der Waals surface area contributed by atoms with Crippen molar-refractivity contribution in [2.45, 2.75) is 26.3 Å². The van der Waals surface area contributed by atoms with Crippen molar-refractivity contribution in [3.05, 3.63) is 42.0 Å². The normalized spacial score (nSPS) is 11.2. The first-order chi connectivity index (χ1) is 8.68. The quantitative estimate of drug-likeness (QED) is 0.676. The molecule has 1 aromatic rings. The van der Waals surface area contributed by atoms with Crippen LogP contribution in [0.1, 0.15) is 31.1 Å². The third kappa shape index (κ3) is 3.30. The van der Waals surface area contributed by atoms with Crippen LogP contribution in [0.25, 0.3) is 0 Å². The summed E-state index contributed by atoms with van der Waals surface area (Å²) in [5, 5.41) is 0. The number of rotatable bonds is 3. The van der Waals surface area contributed by atoms with E-state index < -0.39 is 23.1 Å². The van der Waals surface area contributed by atoms with Crippen molar-refractivity contribution in [1.82, 2.24) is 4.90 Å². The summed E-state index contributed by atoms with van der Waals surface area (Å²) in [7, 11) is 0. The standard InChI is InChI=1S/C14H18F2N2O/c1-5-6-18(14(2,3)4)13(19)10-7-9(15)8-11(17)12(10)16/h5,7-8H,1,6,17H2,2-4H3. The van der Waals surface area contributed by atoms with Crippen LogP contribution in [0.5, 0.6) is 0 Å². The van der Waals surface area contributed by atoms with E-state index in [0.717, 1.165) is 12.1 Å². The highest BCUT2D eigenvalue weighted by molar-refractivity contribution is 5.96. The molecule has 0 aliphatic rings. The summed E-state index contributed by atoms with van der Waals surface area (Å²) in [6.07, 6.45) is 1.53. The van der Waals surface area contributed by atoms with Gasteiger partial charge in [-0.25, -0.2) is 8.78 Å². The van der Waals surface area contributed by atoms with E-state index in [1.165, 1.54) is 11.0 Å². The molecule has 5 heteroatoms. The molecule has 1 amide bonds. The van der Waals surface area contributed by atoms with Crippen LogP contribution in [0.15, 0.2) is 24.8 Å². The first-order valence-electron chi connectivity index (χ1n) is 5.86. The van der Waals surface area contributed by atoms with Crippen molar-refractivity contribution in [3.8, 4) is 0 Å². The topological polar surface area (TPSA) is 46.3 Å². The third-order valence-electron chi connectivity index (χ3n) is 2.66. The maximum absolute atomic E-state index is 13.9. The molecule has 1 aromatic carbocycles. The lowest BCUT2D eigenvalue weighted by molar-refractivity contribution is 0.0611. The van der Waals surface area contributed by atoms with Gasteiger partial charge in [0.1, 0.15) is 5.82 Å². The second-order valence-electron chi connectivity index (χ2n) is 5.23. The first-order valence-corrected chi connectivity index (χ1v) is 5.86. The smallest absolute Gasteiger partial charge is 0.257 e. The zero-order valence-corrected chi connectivity index (χ0v) is 11.3. The number of anilines is 1. The zero-order chi connectivity index (χ0) is 14.8. The van der Waals surface area contributed by atoms with E-state index in [0.29, 0.717) is 0 Å². The number of benzene rings is 1. The van der Waals surface area contributed by atoms with Gasteiger partial charge >= 0.3 is 0 Å². The lowest BCUT2D eigenvalue weighted by Gasteiger charge is -2.35. The fourth-order valence-corrected chi connectivity index (χ4v) is 1.70. The summed E-state index contributed by atoms with van der Waals surface area (Å²) in [6.45, 7) is 9.20. The van der Waals surface area contributed by atoms with Crippen LogP contribution in [0.4, 0.5) is 14.5 Å². The van der Waals surface area contributed by atoms with Crippen LogP contribution < -0.4 is 5.73 Å². The summed E-state index contributed by atoms with van der Waals surface area (Å²) in [5.41, 5.74) is 4.05. The first kappa shape index (κ1) is 15.1.